The summed E-state index contributed by atoms with van der Waals surface area (Å²) in [5.41, 5.74) is 1.79. The fourth-order valence-corrected chi connectivity index (χ4v) is 1.97. The van der Waals surface area contributed by atoms with Crippen LogP contribution in [0.15, 0.2) is 24.3 Å². The number of amides is 1. The van der Waals surface area contributed by atoms with Gasteiger partial charge in [0.15, 0.2) is 0 Å². The van der Waals surface area contributed by atoms with Gasteiger partial charge < -0.3 is 10.6 Å². The number of carbonyl (C=O) groups is 1. The van der Waals surface area contributed by atoms with Crippen LogP contribution in [0.5, 0.6) is 0 Å². The third-order valence-electron chi connectivity index (χ3n) is 2.97. The number of rotatable bonds is 8. The molecule has 0 aliphatic rings. The molecule has 1 aromatic rings. The second-order valence-corrected chi connectivity index (χ2v) is 5.87. The molecular weight excluding hydrogens is 256 g/mol. The SMILES string of the molecule is CCCNc1ccc(C(=O)NCCC(C)SC)cc1. The molecule has 0 radical (unpaired) electrons. The van der Waals surface area contributed by atoms with E-state index in [1.165, 1.54) is 0 Å². The fraction of sp³-hybridized carbons (Fsp3) is 0.533. The Hall–Kier alpha value is -1.16. The lowest BCUT2D eigenvalue weighted by Gasteiger charge is -2.10. The van der Waals surface area contributed by atoms with Gasteiger partial charge in [0, 0.05) is 29.6 Å². The van der Waals surface area contributed by atoms with E-state index in [4.69, 9.17) is 0 Å². The van der Waals surface area contributed by atoms with Crippen molar-refractivity contribution in [3.05, 3.63) is 29.8 Å². The molecule has 0 bridgehead atoms. The molecule has 0 heterocycles. The summed E-state index contributed by atoms with van der Waals surface area (Å²) in [4.78, 5) is 11.9. The van der Waals surface area contributed by atoms with Gasteiger partial charge in [-0.15, -0.1) is 0 Å². The fourth-order valence-electron chi connectivity index (χ4n) is 1.62. The van der Waals surface area contributed by atoms with E-state index in [1.807, 2.05) is 36.0 Å². The van der Waals surface area contributed by atoms with Crippen molar-refractivity contribution in [3.63, 3.8) is 0 Å². The number of thioether (sulfide) groups is 1. The molecule has 1 rings (SSSR count). The van der Waals surface area contributed by atoms with Crippen molar-refractivity contribution >= 4 is 23.4 Å². The quantitative estimate of drug-likeness (QED) is 0.767. The third-order valence-corrected chi connectivity index (χ3v) is 4.01. The van der Waals surface area contributed by atoms with Crippen molar-refractivity contribution in [3.8, 4) is 0 Å². The lowest BCUT2D eigenvalue weighted by atomic mass is 10.2. The lowest BCUT2D eigenvalue weighted by molar-refractivity contribution is 0.0953. The molecule has 19 heavy (non-hydrogen) atoms. The van der Waals surface area contributed by atoms with Crippen molar-refractivity contribution in [1.82, 2.24) is 5.32 Å². The summed E-state index contributed by atoms with van der Waals surface area (Å²) in [7, 11) is 0. The Bertz CT molecular complexity index is 378. The highest BCUT2D eigenvalue weighted by molar-refractivity contribution is 7.99. The smallest absolute Gasteiger partial charge is 0.251 e. The standard InChI is InChI=1S/C15H24N2OS/c1-4-10-16-14-7-5-13(6-8-14)15(18)17-11-9-12(2)19-3/h5-8,12,16H,4,9-11H2,1-3H3,(H,17,18). The highest BCUT2D eigenvalue weighted by Crippen LogP contribution is 2.10. The maximum atomic E-state index is 11.9. The molecule has 1 atom stereocenters. The normalized spacial score (nSPS) is 11.9. The van der Waals surface area contributed by atoms with Gasteiger partial charge in [-0.3, -0.25) is 4.79 Å². The van der Waals surface area contributed by atoms with E-state index in [2.05, 4.69) is 30.7 Å². The van der Waals surface area contributed by atoms with Gasteiger partial charge in [-0.1, -0.05) is 13.8 Å². The summed E-state index contributed by atoms with van der Waals surface area (Å²) in [6, 6.07) is 7.64. The first-order chi connectivity index (χ1) is 9.17. The molecule has 1 unspecified atom stereocenters. The van der Waals surface area contributed by atoms with Crippen molar-refractivity contribution in [2.24, 2.45) is 0 Å². The second kappa shape index (κ2) is 8.86. The molecule has 0 aliphatic heterocycles. The molecule has 0 saturated carbocycles. The zero-order valence-corrected chi connectivity index (χ0v) is 12.8. The minimum Gasteiger partial charge on any atom is -0.385 e. The molecule has 0 saturated heterocycles. The first-order valence-corrected chi connectivity index (χ1v) is 8.11. The van der Waals surface area contributed by atoms with Crippen molar-refractivity contribution in [2.45, 2.75) is 31.9 Å². The van der Waals surface area contributed by atoms with Crippen LogP contribution in [0.4, 0.5) is 5.69 Å². The van der Waals surface area contributed by atoms with Gasteiger partial charge in [-0.25, -0.2) is 0 Å². The van der Waals surface area contributed by atoms with Gasteiger partial charge in [0.25, 0.3) is 5.91 Å². The Morgan fingerprint density at radius 1 is 1.26 bits per heavy atom. The Morgan fingerprint density at radius 3 is 2.53 bits per heavy atom. The van der Waals surface area contributed by atoms with E-state index >= 15 is 0 Å². The molecule has 1 aromatic carbocycles. The molecule has 1 amide bonds. The first-order valence-electron chi connectivity index (χ1n) is 6.82. The van der Waals surface area contributed by atoms with E-state index in [1.54, 1.807) is 0 Å². The van der Waals surface area contributed by atoms with Crippen LogP contribution < -0.4 is 10.6 Å². The number of nitrogens with one attached hydrogen (secondary N) is 2. The van der Waals surface area contributed by atoms with Crippen LogP contribution in [0.3, 0.4) is 0 Å². The summed E-state index contributed by atoms with van der Waals surface area (Å²) in [5, 5.41) is 6.83. The average molecular weight is 280 g/mol. The van der Waals surface area contributed by atoms with Crippen LogP contribution in [0.25, 0.3) is 0 Å². The average Bonchev–Trinajstić information content (AvgIpc) is 2.45. The number of hydrogen-bond acceptors (Lipinski definition) is 3. The minimum atomic E-state index is 0.00958. The van der Waals surface area contributed by atoms with Gasteiger partial charge in [0.2, 0.25) is 0 Å². The van der Waals surface area contributed by atoms with E-state index < -0.39 is 0 Å². The summed E-state index contributed by atoms with van der Waals surface area (Å²) < 4.78 is 0. The van der Waals surface area contributed by atoms with Gasteiger partial charge in [-0.05, 0) is 43.4 Å². The predicted molar refractivity (Wildman–Crippen MR) is 85.1 cm³/mol. The number of hydrogen-bond donors (Lipinski definition) is 2. The van der Waals surface area contributed by atoms with Gasteiger partial charge in [0.1, 0.15) is 0 Å². The zero-order chi connectivity index (χ0) is 14.1. The Morgan fingerprint density at radius 2 is 1.95 bits per heavy atom. The monoisotopic (exact) mass is 280 g/mol. The van der Waals surface area contributed by atoms with E-state index in [0.717, 1.165) is 37.2 Å². The summed E-state index contributed by atoms with van der Waals surface area (Å²) >= 11 is 1.82. The molecule has 0 spiro atoms. The molecular formula is C15H24N2OS. The molecule has 106 valence electrons. The van der Waals surface area contributed by atoms with Crippen LogP contribution in [0.1, 0.15) is 37.0 Å². The zero-order valence-electron chi connectivity index (χ0n) is 12.0. The van der Waals surface area contributed by atoms with Gasteiger partial charge in [0.05, 0.1) is 0 Å². The highest BCUT2D eigenvalue weighted by atomic mass is 32.2. The molecule has 0 aromatic heterocycles. The predicted octanol–water partition coefficient (Wildman–Crippen LogP) is 3.38. The van der Waals surface area contributed by atoms with Crippen LogP contribution in [-0.2, 0) is 0 Å². The molecule has 0 aliphatic carbocycles. The van der Waals surface area contributed by atoms with Crippen molar-refractivity contribution in [2.75, 3.05) is 24.7 Å². The van der Waals surface area contributed by atoms with Gasteiger partial charge >= 0.3 is 0 Å². The van der Waals surface area contributed by atoms with Crippen molar-refractivity contribution < 1.29 is 4.79 Å². The molecule has 0 fully saturated rings. The number of carbonyl (C=O) groups excluding carboxylic acids is 1. The molecule has 3 nitrogen and oxygen atoms in total. The van der Waals surface area contributed by atoms with Crippen LogP contribution in [-0.4, -0.2) is 30.5 Å². The van der Waals surface area contributed by atoms with Gasteiger partial charge in [-0.2, -0.15) is 11.8 Å². The second-order valence-electron chi connectivity index (χ2n) is 4.60. The van der Waals surface area contributed by atoms with Crippen LogP contribution in [0.2, 0.25) is 0 Å². The van der Waals surface area contributed by atoms with E-state index in [9.17, 15) is 4.79 Å². The van der Waals surface area contributed by atoms with Crippen LogP contribution in [0, 0.1) is 0 Å². The Labute approximate surface area is 120 Å². The summed E-state index contributed by atoms with van der Waals surface area (Å²) in [6.07, 6.45) is 4.19. The van der Waals surface area contributed by atoms with Crippen LogP contribution >= 0.6 is 11.8 Å². The van der Waals surface area contributed by atoms with E-state index in [0.29, 0.717) is 5.25 Å². The van der Waals surface area contributed by atoms with Crippen molar-refractivity contribution in [1.29, 1.82) is 0 Å². The maximum absolute atomic E-state index is 11.9. The first kappa shape index (κ1) is 15.9. The maximum Gasteiger partial charge on any atom is 0.251 e. The Kier molecular flexibility index (Phi) is 7.41. The number of benzene rings is 1. The lowest BCUT2D eigenvalue weighted by Crippen LogP contribution is -2.25. The minimum absolute atomic E-state index is 0.00958. The topological polar surface area (TPSA) is 41.1 Å². The highest BCUT2D eigenvalue weighted by Gasteiger charge is 2.05. The molecule has 2 N–H and O–H groups in total. The molecule has 4 heteroatoms. The number of anilines is 1. The van der Waals surface area contributed by atoms with E-state index in [-0.39, 0.29) is 5.91 Å². The summed E-state index contributed by atoms with van der Waals surface area (Å²) in [6.45, 7) is 5.99. The Balaban J connectivity index is 2.40. The summed E-state index contributed by atoms with van der Waals surface area (Å²) in [5.74, 6) is 0.00958. The largest absolute Gasteiger partial charge is 0.385 e. The third kappa shape index (κ3) is 6.01.